The van der Waals surface area contributed by atoms with Gasteiger partial charge in [-0.1, -0.05) is 6.92 Å². The molecule has 2 unspecified atom stereocenters. The molecular weight excluding hydrogens is 252 g/mol. The molecule has 0 bridgehead atoms. The van der Waals surface area contributed by atoms with Crippen molar-refractivity contribution in [2.24, 2.45) is 5.92 Å². The summed E-state index contributed by atoms with van der Waals surface area (Å²) in [5, 5.41) is 3.07. The molecule has 1 saturated heterocycles. The first-order chi connectivity index (χ1) is 7.20. The lowest BCUT2D eigenvalue weighted by Crippen LogP contribution is -2.41. The van der Waals surface area contributed by atoms with Gasteiger partial charge in [0.1, 0.15) is 9.84 Å². The summed E-state index contributed by atoms with van der Waals surface area (Å²) in [6.07, 6.45) is 1.03. The lowest BCUT2D eigenvalue weighted by molar-refractivity contribution is 0.503. The fraction of sp³-hybridized carbons (Fsp3) is 1.00. The number of sulfone groups is 1. The van der Waals surface area contributed by atoms with E-state index < -0.39 is 19.9 Å². The summed E-state index contributed by atoms with van der Waals surface area (Å²) in [7, 11) is -6.74. The Balaban J connectivity index is 2.52. The van der Waals surface area contributed by atoms with E-state index in [9.17, 15) is 16.8 Å². The third-order valence-electron chi connectivity index (χ3n) is 2.57. The van der Waals surface area contributed by atoms with Crippen LogP contribution in [0.4, 0.5) is 0 Å². The van der Waals surface area contributed by atoms with Gasteiger partial charge in [0.15, 0.2) is 0 Å². The molecule has 0 aromatic heterocycles. The highest BCUT2D eigenvalue weighted by Crippen LogP contribution is 2.08. The molecule has 0 spiro atoms. The fourth-order valence-corrected chi connectivity index (χ4v) is 4.50. The molecule has 6 nitrogen and oxygen atoms in total. The fourth-order valence-electron chi connectivity index (χ4n) is 1.52. The van der Waals surface area contributed by atoms with Gasteiger partial charge in [-0.3, -0.25) is 0 Å². The van der Waals surface area contributed by atoms with Crippen molar-refractivity contribution < 1.29 is 16.8 Å². The van der Waals surface area contributed by atoms with Gasteiger partial charge < -0.3 is 5.32 Å². The van der Waals surface area contributed by atoms with Gasteiger partial charge in [-0.2, -0.15) is 0 Å². The largest absolute Gasteiger partial charge is 0.315 e. The average molecular weight is 270 g/mol. The average Bonchev–Trinajstić information content (AvgIpc) is 2.47. The molecule has 1 heterocycles. The Morgan fingerprint density at radius 1 is 1.19 bits per heavy atom. The van der Waals surface area contributed by atoms with Gasteiger partial charge in [0, 0.05) is 18.8 Å². The Morgan fingerprint density at radius 3 is 2.25 bits per heavy atom. The maximum absolute atomic E-state index is 11.6. The zero-order valence-corrected chi connectivity index (χ0v) is 11.1. The Kier molecular flexibility index (Phi) is 4.33. The summed E-state index contributed by atoms with van der Waals surface area (Å²) in [6.45, 7) is 3.32. The number of hydrogen-bond donors (Lipinski definition) is 2. The molecule has 1 aliphatic rings. The van der Waals surface area contributed by atoms with Crippen LogP contribution in [0.1, 0.15) is 6.92 Å². The van der Waals surface area contributed by atoms with Gasteiger partial charge in [0.05, 0.1) is 11.5 Å². The molecule has 1 rings (SSSR count). The summed E-state index contributed by atoms with van der Waals surface area (Å²) in [5.41, 5.74) is 0. The maximum atomic E-state index is 11.6. The number of hydrogen-bond acceptors (Lipinski definition) is 5. The van der Waals surface area contributed by atoms with E-state index in [0.717, 1.165) is 12.8 Å². The Labute approximate surface area is 96.8 Å². The third-order valence-corrected chi connectivity index (χ3v) is 5.18. The van der Waals surface area contributed by atoms with Crippen molar-refractivity contribution in [2.75, 3.05) is 30.9 Å². The van der Waals surface area contributed by atoms with Crippen molar-refractivity contribution in [3.63, 3.8) is 0 Å². The normalized spacial score (nSPS) is 27.1. The van der Waals surface area contributed by atoms with Crippen LogP contribution in [0.25, 0.3) is 0 Å². The first kappa shape index (κ1) is 13.9. The maximum Gasteiger partial charge on any atom is 0.212 e. The van der Waals surface area contributed by atoms with Crippen molar-refractivity contribution in [2.45, 2.75) is 13.0 Å². The highest BCUT2D eigenvalue weighted by atomic mass is 32.2. The summed E-state index contributed by atoms with van der Waals surface area (Å²) in [5.74, 6) is -0.473. The second-order valence-electron chi connectivity index (χ2n) is 4.31. The van der Waals surface area contributed by atoms with Gasteiger partial charge in [-0.25, -0.2) is 21.6 Å². The second-order valence-corrected chi connectivity index (χ2v) is 8.44. The highest BCUT2D eigenvalue weighted by molar-refractivity contribution is 7.93. The summed E-state index contributed by atoms with van der Waals surface area (Å²) < 4.78 is 47.4. The van der Waals surface area contributed by atoms with E-state index in [1.54, 1.807) is 0 Å². The number of rotatable bonds is 5. The monoisotopic (exact) mass is 270 g/mol. The summed E-state index contributed by atoms with van der Waals surface area (Å²) in [6, 6.07) is -0.135. The zero-order valence-electron chi connectivity index (χ0n) is 9.43. The molecular formula is C8H18N2O4S2. The van der Waals surface area contributed by atoms with Crippen molar-refractivity contribution in [1.29, 1.82) is 0 Å². The van der Waals surface area contributed by atoms with E-state index in [1.165, 1.54) is 0 Å². The minimum atomic E-state index is -3.50. The molecule has 0 aromatic carbocycles. The SMILES string of the molecule is CC1CNCC1NS(=O)(=O)CCS(C)(=O)=O. The smallest absolute Gasteiger partial charge is 0.212 e. The van der Waals surface area contributed by atoms with Gasteiger partial charge in [0.25, 0.3) is 0 Å². The molecule has 96 valence electrons. The van der Waals surface area contributed by atoms with Gasteiger partial charge in [-0.05, 0) is 12.5 Å². The van der Waals surface area contributed by atoms with Crippen LogP contribution in [-0.2, 0) is 19.9 Å². The minimum absolute atomic E-state index is 0.135. The van der Waals surface area contributed by atoms with E-state index in [2.05, 4.69) is 10.0 Å². The molecule has 0 amide bonds. The van der Waals surface area contributed by atoms with Gasteiger partial charge in [-0.15, -0.1) is 0 Å². The summed E-state index contributed by atoms with van der Waals surface area (Å²) in [4.78, 5) is 0. The molecule has 0 saturated carbocycles. The standard InChI is InChI=1S/C8H18N2O4S2/c1-7-5-9-6-8(7)10-16(13,14)4-3-15(2,11)12/h7-10H,3-6H2,1-2H3. The van der Waals surface area contributed by atoms with E-state index >= 15 is 0 Å². The molecule has 2 N–H and O–H groups in total. The lowest BCUT2D eigenvalue weighted by Gasteiger charge is -2.16. The van der Waals surface area contributed by atoms with E-state index in [4.69, 9.17) is 0 Å². The van der Waals surface area contributed by atoms with Crippen molar-refractivity contribution in [3.05, 3.63) is 0 Å². The van der Waals surface area contributed by atoms with Crippen LogP contribution in [0.2, 0.25) is 0 Å². The Bertz CT molecular complexity index is 429. The van der Waals surface area contributed by atoms with Crippen LogP contribution in [-0.4, -0.2) is 53.7 Å². The molecule has 1 aliphatic heterocycles. The molecule has 1 fully saturated rings. The summed E-state index contributed by atoms with van der Waals surface area (Å²) >= 11 is 0. The lowest BCUT2D eigenvalue weighted by atomic mass is 10.1. The van der Waals surface area contributed by atoms with Crippen LogP contribution >= 0.6 is 0 Å². The minimum Gasteiger partial charge on any atom is -0.315 e. The van der Waals surface area contributed by atoms with Crippen molar-refractivity contribution >= 4 is 19.9 Å². The molecule has 2 atom stereocenters. The van der Waals surface area contributed by atoms with E-state index in [-0.39, 0.29) is 23.5 Å². The first-order valence-electron chi connectivity index (χ1n) is 5.08. The van der Waals surface area contributed by atoms with Crippen molar-refractivity contribution in [1.82, 2.24) is 10.0 Å². The zero-order chi connectivity index (χ0) is 12.4. The second kappa shape index (κ2) is 4.99. The molecule has 0 radical (unpaired) electrons. The van der Waals surface area contributed by atoms with Crippen LogP contribution in [0.15, 0.2) is 0 Å². The van der Waals surface area contributed by atoms with Crippen molar-refractivity contribution in [3.8, 4) is 0 Å². The molecule has 16 heavy (non-hydrogen) atoms. The van der Waals surface area contributed by atoms with Crippen LogP contribution in [0, 0.1) is 5.92 Å². The molecule has 8 heteroatoms. The predicted molar refractivity (Wildman–Crippen MR) is 62.5 cm³/mol. The van der Waals surface area contributed by atoms with Crippen LogP contribution < -0.4 is 10.0 Å². The van der Waals surface area contributed by atoms with E-state index in [0.29, 0.717) is 6.54 Å². The van der Waals surface area contributed by atoms with Gasteiger partial charge >= 0.3 is 0 Å². The van der Waals surface area contributed by atoms with Crippen LogP contribution in [0.5, 0.6) is 0 Å². The quantitative estimate of drug-likeness (QED) is 0.638. The Hall–Kier alpha value is -0.180. The predicted octanol–water partition coefficient (Wildman–Crippen LogP) is -1.44. The number of nitrogens with one attached hydrogen (secondary N) is 2. The number of sulfonamides is 1. The first-order valence-corrected chi connectivity index (χ1v) is 8.79. The topological polar surface area (TPSA) is 92.3 Å². The van der Waals surface area contributed by atoms with Crippen LogP contribution in [0.3, 0.4) is 0 Å². The molecule has 0 aliphatic carbocycles. The Morgan fingerprint density at radius 2 is 1.81 bits per heavy atom. The highest BCUT2D eigenvalue weighted by Gasteiger charge is 2.27. The van der Waals surface area contributed by atoms with E-state index in [1.807, 2.05) is 6.92 Å². The molecule has 0 aromatic rings. The third kappa shape index (κ3) is 4.77. The van der Waals surface area contributed by atoms with Gasteiger partial charge in [0.2, 0.25) is 10.0 Å².